The molecule has 0 aliphatic heterocycles. The van der Waals surface area contributed by atoms with Crippen LogP contribution in [0.2, 0.25) is 0 Å². The van der Waals surface area contributed by atoms with Crippen LogP contribution in [0.4, 0.5) is 0 Å². The fourth-order valence-corrected chi connectivity index (χ4v) is 6.52. The van der Waals surface area contributed by atoms with Crippen LogP contribution >= 0.6 is 11.8 Å². The number of nitrogens with one attached hydrogen (secondary N) is 1. The molecule has 1 aliphatic carbocycles. The molecule has 0 radical (unpaired) electrons. The zero-order valence-electron chi connectivity index (χ0n) is 23.9. The standard InChI is InChI=1S/C31H43NO6S2/c1-4-39-21-25(38-24-11-6-5-7-12-24)16-14-23-15-17-27(28(20-23)26-13-9-8-10-22(26)2)30(33)32-29(31(34)35)18-19-40(3,36)37/h8-10,13,15,17,20,24-25,29H,4-7,11-12,14,16,18-19,21H2,1-3H3,(H,32,33)(H,34,35). The van der Waals surface area contributed by atoms with Gasteiger partial charge in [-0.05, 0) is 73.1 Å². The first kappa shape index (κ1) is 32.2. The van der Waals surface area contributed by atoms with Gasteiger partial charge in [-0.25, -0.2) is 13.2 Å². The van der Waals surface area contributed by atoms with Gasteiger partial charge in [0.25, 0.3) is 5.91 Å². The van der Waals surface area contributed by atoms with Crippen molar-refractivity contribution in [2.45, 2.75) is 83.5 Å². The molecule has 1 fully saturated rings. The fourth-order valence-electron chi connectivity index (χ4n) is 5.11. The van der Waals surface area contributed by atoms with Gasteiger partial charge >= 0.3 is 5.97 Å². The smallest absolute Gasteiger partial charge is 0.326 e. The molecule has 7 nitrogen and oxygen atoms in total. The molecule has 1 saturated carbocycles. The van der Waals surface area contributed by atoms with Crippen molar-refractivity contribution in [3.05, 3.63) is 59.2 Å². The second-order valence-electron chi connectivity index (χ2n) is 10.7. The molecule has 2 unspecified atom stereocenters. The lowest BCUT2D eigenvalue weighted by atomic mass is 9.92. The Morgan fingerprint density at radius 2 is 1.80 bits per heavy atom. The molecule has 2 aromatic carbocycles. The Morgan fingerprint density at radius 3 is 2.45 bits per heavy atom. The molecule has 0 heterocycles. The number of benzene rings is 2. The van der Waals surface area contributed by atoms with E-state index < -0.39 is 27.8 Å². The third kappa shape index (κ3) is 10.2. The Kier molecular flexibility index (Phi) is 12.5. The molecular weight excluding hydrogens is 546 g/mol. The quantitative estimate of drug-likeness (QED) is 0.275. The molecule has 0 saturated heterocycles. The van der Waals surface area contributed by atoms with E-state index in [1.54, 1.807) is 6.07 Å². The third-order valence-corrected chi connectivity index (χ3v) is 9.34. The number of hydrogen-bond acceptors (Lipinski definition) is 6. The summed E-state index contributed by atoms with van der Waals surface area (Å²) in [7, 11) is -3.37. The van der Waals surface area contributed by atoms with Gasteiger partial charge in [0.15, 0.2) is 0 Å². The molecule has 2 atom stereocenters. The number of aliphatic carboxylic acids is 1. The SMILES string of the molecule is CCSCC(CCc1ccc(C(=O)NC(CCS(C)(=O)=O)C(=O)O)c(-c2ccccc2C)c1)OC1CCCCC1. The number of sulfone groups is 1. The maximum absolute atomic E-state index is 13.4. The number of carboxylic acid groups (broad SMARTS) is 1. The second kappa shape index (κ2) is 15.6. The molecule has 0 bridgehead atoms. The van der Waals surface area contributed by atoms with Gasteiger partial charge in [-0.15, -0.1) is 0 Å². The lowest BCUT2D eigenvalue weighted by molar-refractivity contribution is -0.139. The Labute approximate surface area is 243 Å². The number of hydrogen-bond donors (Lipinski definition) is 2. The van der Waals surface area contributed by atoms with E-state index in [0.717, 1.165) is 65.7 Å². The molecular formula is C31H43NO6S2. The summed E-state index contributed by atoms with van der Waals surface area (Å²) >= 11 is 1.90. The number of carbonyl (C=O) groups is 2. The van der Waals surface area contributed by atoms with E-state index in [1.165, 1.54) is 19.3 Å². The summed E-state index contributed by atoms with van der Waals surface area (Å²) in [5, 5.41) is 12.2. The predicted molar refractivity (Wildman–Crippen MR) is 163 cm³/mol. The Morgan fingerprint density at radius 1 is 1.07 bits per heavy atom. The largest absolute Gasteiger partial charge is 0.480 e. The molecule has 2 aromatic rings. The molecule has 220 valence electrons. The normalized spacial score (nSPS) is 15.9. The number of aryl methyl sites for hydroxylation is 2. The predicted octanol–water partition coefficient (Wildman–Crippen LogP) is 5.68. The van der Waals surface area contributed by atoms with Crippen molar-refractivity contribution in [1.82, 2.24) is 5.32 Å². The van der Waals surface area contributed by atoms with Gasteiger partial charge in [0.2, 0.25) is 0 Å². The van der Waals surface area contributed by atoms with Crippen LogP contribution in [0.3, 0.4) is 0 Å². The van der Waals surface area contributed by atoms with Crippen molar-refractivity contribution in [3.8, 4) is 11.1 Å². The van der Waals surface area contributed by atoms with E-state index >= 15 is 0 Å². The van der Waals surface area contributed by atoms with Crippen LogP contribution in [0.25, 0.3) is 11.1 Å². The maximum atomic E-state index is 13.4. The van der Waals surface area contributed by atoms with Crippen molar-refractivity contribution >= 4 is 33.5 Å². The Hall–Kier alpha value is -2.36. The highest BCUT2D eigenvalue weighted by atomic mass is 32.2. The van der Waals surface area contributed by atoms with Crippen molar-refractivity contribution in [2.75, 3.05) is 23.5 Å². The number of amides is 1. The number of carboxylic acids is 1. The second-order valence-corrected chi connectivity index (χ2v) is 14.3. The summed E-state index contributed by atoms with van der Waals surface area (Å²) in [5.74, 6) is -0.118. The minimum absolute atomic E-state index is 0.170. The van der Waals surface area contributed by atoms with Crippen LogP contribution in [-0.4, -0.2) is 67.2 Å². The molecule has 1 aliphatic rings. The zero-order valence-corrected chi connectivity index (χ0v) is 25.5. The van der Waals surface area contributed by atoms with Gasteiger partial charge < -0.3 is 15.2 Å². The van der Waals surface area contributed by atoms with Crippen LogP contribution < -0.4 is 5.32 Å². The highest BCUT2D eigenvalue weighted by molar-refractivity contribution is 7.99. The van der Waals surface area contributed by atoms with E-state index in [4.69, 9.17) is 4.74 Å². The van der Waals surface area contributed by atoms with Gasteiger partial charge in [0, 0.05) is 17.6 Å². The summed E-state index contributed by atoms with van der Waals surface area (Å²) in [6.07, 6.45) is 9.08. The van der Waals surface area contributed by atoms with Gasteiger partial charge in [-0.2, -0.15) is 11.8 Å². The summed E-state index contributed by atoms with van der Waals surface area (Å²) in [6, 6.07) is 12.2. The monoisotopic (exact) mass is 589 g/mol. The van der Waals surface area contributed by atoms with Gasteiger partial charge in [-0.3, -0.25) is 4.79 Å². The fraction of sp³-hybridized carbons (Fsp3) is 0.548. The first-order chi connectivity index (χ1) is 19.1. The molecule has 3 rings (SSSR count). The van der Waals surface area contributed by atoms with Crippen LogP contribution in [0.15, 0.2) is 42.5 Å². The number of thioether (sulfide) groups is 1. The highest BCUT2D eigenvalue weighted by Crippen LogP contribution is 2.30. The minimum Gasteiger partial charge on any atom is -0.480 e. The lowest BCUT2D eigenvalue weighted by Gasteiger charge is -2.27. The molecule has 40 heavy (non-hydrogen) atoms. The minimum atomic E-state index is -3.37. The number of carbonyl (C=O) groups excluding carboxylic acids is 1. The Balaban J connectivity index is 1.83. The van der Waals surface area contributed by atoms with Crippen LogP contribution in [0.1, 0.15) is 73.4 Å². The summed E-state index contributed by atoms with van der Waals surface area (Å²) < 4.78 is 29.7. The molecule has 9 heteroatoms. The average Bonchev–Trinajstić information content (AvgIpc) is 2.92. The van der Waals surface area contributed by atoms with Crippen molar-refractivity contribution in [3.63, 3.8) is 0 Å². The topological polar surface area (TPSA) is 110 Å². The van der Waals surface area contributed by atoms with Gasteiger partial charge in [0.1, 0.15) is 15.9 Å². The first-order valence-corrected chi connectivity index (χ1v) is 17.4. The Bertz CT molecular complexity index is 1240. The average molecular weight is 590 g/mol. The third-order valence-electron chi connectivity index (χ3n) is 7.34. The van der Waals surface area contributed by atoms with Gasteiger partial charge in [-0.1, -0.05) is 62.6 Å². The lowest BCUT2D eigenvalue weighted by Crippen LogP contribution is -2.42. The van der Waals surface area contributed by atoms with E-state index in [1.807, 2.05) is 55.1 Å². The van der Waals surface area contributed by atoms with Crippen LogP contribution in [0.5, 0.6) is 0 Å². The summed E-state index contributed by atoms with van der Waals surface area (Å²) in [4.78, 5) is 25.1. The van der Waals surface area contributed by atoms with Gasteiger partial charge in [0.05, 0.1) is 18.0 Å². The molecule has 0 aromatic heterocycles. The van der Waals surface area contributed by atoms with E-state index in [-0.39, 0.29) is 18.3 Å². The van der Waals surface area contributed by atoms with E-state index in [9.17, 15) is 23.1 Å². The van der Waals surface area contributed by atoms with Crippen LogP contribution in [-0.2, 0) is 25.8 Å². The summed E-state index contributed by atoms with van der Waals surface area (Å²) in [6.45, 7) is 4.14. The number of rotatable bonds is 15. The van der Waals surface area contributed by atoms with Crippen molar-refractivity contribution in [2.24, 2.45) is 0 Å². The zero-order chi connectivity index (χ0) is 29.1. The van der Waals surface area contributed by atoms with Crippen molar-refractivity contribution in [1.29, 1.82) is 0 Å². The molecule has 0 spiro atoms. The van der Waals surface area contributed by atoms with E-state index in [0.29, 0.717) is 11.7 Å². The van der Waals surface area contributed by atoms with Crippen molar-refractivity contribution < 1.29 is 27.9 Å². The molecule has 1 amide bonds. The number of ether oxygens (including phenoxy) is 1. The summed E-state index contributed by atoms with van der Waals surface area (Å²) in [5.41, 5.74) is 4.07. The first-order valence-electron chi connectivity index (χ1n) is 14.2. The highest BCUT2D eigenvalue weighted by Gasteiger charge is 2.25. The van der Waals surface area contributed by atoms with E-state index in [2.05, 4.69) is 12.2 Å². The molecule has 2 N–H and O–H groups in total. The van der Waals surface area contributed by atoms with Crippen LogP contribution in [0, 0.1) is 6.92 Å². The maximum Gasteiger partial charge on any atom is 0.326 e.